The van der Waals surface area contributed by atoms with Crippen LogP contribution in [-0.2, 0) is 16.1 Å². The predicted molar refractivity (Wildman–Crippen MR) is 71.9 cm³/mol. The minimum Gasteiger partial charge on any atom is -0.508 e. The van der Waals surface area contributed by atoms with Gasteiger partial charge < -0.3 is 14.6 Å². The van der Waals surface area contributed by atoms with E-state index in [4.69, 9.17) is 14.6 Å². The summed E-state index contributed by atoms with van der Waals surface area (Å²) in [6, 6.07) is 8.17. The fourth-order valence-corrected chi connectivity index (χ4v) is 2.00. The van der Waals surface area contributed by atoms with E-state index in [9.17, 15) is 0 Å². The van der Waals surface area contributed by atoms with Crippen molar-refractivity contribution in [2.24, 2.45) is 0 Å². The summed E-state index contributed by atoms with van der Waals surface area (Å²) in [5, 5.41) is 9.11. The van der Waals surface area contributed by atoms with Gasteiger partial charge in [-0.1, -0.05) is 31.8 Å². The highest BCUT2D eigenvalue weighted by Gasteiger charge is 2.11. The van der Waals surface area contributed by atoms with Gasteiger partial charge in [-0.05, 0) is 23.7 Å². The van der Waals surface area contributed by atoms with Gasteiger partial charge in [-0.2, -0.15) is 0 Å². The first-order chi connectivity index (χ1) is 7.97. The Balaban J connectivity index is 2.07. The summed E-state index contributed by atoms with van der Waals surface area (Å²) in [6.45, 7) is 8.62. The number of ether oxygens (including phenoxy) is 2. The standard InChI is InChI=1S/C13H22O3Si/c1-17(2,3)9-8-15-11-16-10-12-4-6-13(14)7-5-12/h4-7,14H,8-11H2,1-3H3. The van der Waals surface area contributed by atoms with Gasteiger partial charge in [0.25, 0.3) is 0 Å². The summed E-state index contributed by atoms with van der Waals surface area (Å²) in [7, 11) is -0.996. The zero-order valence-corrected chi connectivity index (χ0v) is 11.9. The molecule has 0 saturated heterocycles. The van der Waals surface area contributed by atoms with E-state index in [2.05, 4.69) is 19.6 Å². The van der Waals surface area contributed by atoms with Gasteiger partial charge >= 0.3 is 0 Å². The third-order valence-corrected chi connectivity index (χ3v) is 4.07. The van der Waals surface area contributed by atoms with Crippen LogP contribution >= 0.6 is 0 Å². The van der Waals surface area contributed by atoms with Crippen molar-refractivity contribution in [3.63, 3.8) is 0 Å². The second kappa shape index (κ2) is 6.79. The summed E-state index contributed by atoms with van der Waals surface area (Å²) < 4.78 is 10.8. The lowest BCUT2D eigenvalue weighted by molar-refractivity contribution is -0.0573. The first kappa shape index (κ1) is 14.2. The molecule has 0 atom stereocenters. The van der Waals surface area contributed by atoms with E-state index >= 15 is 0 Å². The van der Waals surface area contributed by atoms with E-state index < -0.39 is 8.07 Å². The first-order valence-electron chi connectivity index (χ1n) is 5.91. The molecule has 1 N–H and O–H groups in total. The topological polar surface area (TPSA) is 38.7 Å². The minimum absolute atomic E-state index is 0.278. The van der Waals surface area contributed by atoms with Crippen LogP contribution in [0.25, 0.3) is 0 Å². The second-order valence-corrected chi connectivity index (χ2v) is 11.0. The van der Waals surface area contributed by atoms with E-state index in [0.29, 0.717) is 13.4 Å². The molecule has 96 valence electrons. The summed E-state index contributed by atoms with van der Waals surface area (Å²) in [6.07, 6.45) is 0. The molecule has 1 aromatic carbocycles. The fraction of sp³-hybridized carbons (Fsp3) is 0.538. The van der Waals surface area contributed by atoms with Crippen molar-refractivity contribution in [3.8, 4) is 5.75 Å². The fourth-order valence-electron chi connectivity index (χ4n) is 1.25. The van der Waals surface area contributed by atoms with Crippen LogP contribution in [0.15, 0.2) is 24.3 Å². The first-order valence-corrected chi connectivity index (χ1v) is 9.61. The van der Waals surface area contributed by atoms with Crippen molar-refractivity contribution < 1.29 is 14.6 Å². The molecule has 0 saturated carbocycles. The molecule has 0 aliphatic carbocycles. The SMILES string of the molecule is C[Si](C)(C)CCOCOCc1ccc(O)cc1. The number of benzene rings is 1. The van der Waals surface area contributed by atoms with Gasteiger partial charge in [0.2, 0.25) is 0 Å². The molecular weight excluding hydrogens is 232 g/mol. The van der Waals surface area contributed by atoms with Crippen molar-refractivity contribution in [2.45, 2.75) is 32.3 Å². The van der Waals surface area contributed by atoms with Crippen molar-refractivity contribution in [3.05, 3.63) is 29.8 Å². The number of rotatable bonds is 7. The summed E-state index contributed by atoms with van der Waals surface area (Å²) >= 11 is 0. The van der Waals surface area contributed by atoms with E-state index in [0.717, 1.165) is 18.2 Å². The third kappa shape index (κ3) is 7.15. The molecule has 1 aromatic rings. The highest BCUT2D eigenvalue weighted by molar-refractivity contribution is 6.76. The monoisotopic (exact) mass is 254 g/mol. The van der Waals surface area contributed by atoms with E-state index in [-0.39, 0.29) is 5.75 Å². The van der Waals surface area contributed by atoms with Crippen LogP contribution < -0.4 is 0 Å². The highest BCUT2D eigenvalue weighted by atomic mass is 28.3. The molecular formula is C13H22O3Si. The zero-order chi connectivity index (χ0) is 12.7. The molecule has 1 rings (SSSR count). The van der Waals surface area contributed by atoms with Crippen LogP contribution in [0.1, 0.15) is 5.56 Å². The van der Waals surface area contributed by atoms with Crippen molar-refractivity contribution >= 4 is 8.07 Å². The van der Waals surface area contributed by atoms with Gasteiger partial charge in [-0.15, -0.1) is 0 Å². The largest absolute Gasteiger partial charge is 0.508 e. The molecule has 0 radical (unpaired) electrons. The molecule has 0 unspecified atom stereocenters. The Morgan fingerprint density at radius 1 is 1.06 bits per heavy atom. The second-order valence-electron chi connectivity index (χ2n) is 5.35. The number of hydrogen-bond acceptors (Lipinski definition) is 3. The molecule has 0 heterocycles. The van der Waals surface area contributed by atoms with E-state index in [1.54, 1.807) is 12.1 Å². The lowest BCUT2D eigenvalue weighted by Gasteiger charge is -2.15. The average molecular weight is 254 g/mol. The molecule has 0 aliphatic rings. The minimum atomic E-state index is -0.996. The molecule has 0 aromatic heterocycles. The number of phenolic OH excluding ortho intramolecular Hbond substituents is 1. The smallest absolute Gasteiger partial charge is 0.147 e. The Kier molecular flexibility index (Phi) is 5.68. The zero-order valence-electron chi connectivity index (χ0n) is 10.9. The average Bonchev–Trinajstić information content (AvgIpc) is 2.24. The molecule has 0 bridgehead atoms. The number of aromatic hydroxyl groups is 1. The lowest BCUT2D eigenvalue weighted by atomic mass is 10.2. The lowest BCUT2D eigenvalue weighted by Crippen LogP contribution is -2.21. The molecule has 4 heteroatoms. The van der Waals surface area contributed by atoms with Crippen molar-refractivity contribution in [1.82, 2.24) is 0 Å². The van der Waals surface area contributed by atoms with E-state index in [1.807, 2.05) is 12.1 Å². The van der Waals surface area contributed by atoms with Crippen LogP contribution in [0.3, 0.4) is 0 Å². The maximum Gasteiger partial charge on any atom is 0.147 e. The predicted octanol–water partition coefficient (Wildman–Crippen LogP) is 3.22. The van der Waals surface area contributed by atoms with Crippen molar-refractivity contribution in [2.75, 3.05) is 13.4 Å². The summed E-state index contributed by atoms with van der Waals surface area (Å²) in [5.74, 6) is 0.278. The highest BCUT2D eigenvalue weighted by Crippen LogP contribution is 2.10. The number of hydrogen-bond donors (Lipinski definition) is 1. The maximum atomic E-state index is 9.11. The molecule has 17 heavy (non-hydrogen) atoms. The van der Waals surface area contributed by atoms with Crippen LogP contribution in [0.2, 0.25) is 25.7 Å². The summed E-state index contributed by atoms with van der Waals surface area (Å²) in [4.78, 5) is 0. The Labute approximate surface area is 104 Å². The number of phenols is 1. The normalized spacial score (nSPS) is 11.7. The Hall–Kier alpha value is -0.843. The van der Waals surface area contributed by atoms with Gasteiger partial charge in [-0.3, -0.25) is 0 Å². The van der Waals surface area contributed by atoms with Crippen LogP contribution in [0.4, 0.5) is 0 Å². The van der Waals surface area contributed by atoms with Gasteiger partial charge in [0.05, 0.1) is 6.61 Å². The van der Waals surface area contributed by atoms with E-state index in [1.165, 1.54) is 0 Å². The van der Waals surface area contributed by atoms with Gasteiger partial charge in [0, 0.05) is 14.7 Å². The molecule has 0 amide bonds. The van der Waals surface area contributed by atoms with Gasteiger partial charge in [-0.25, -0.2) is 0 Å². The quantitative estimate of drug-likeness (QED) is 0.461. The van der Waals surface area contributed by atoms with Gasteiger partial charge in [0.15, 0.2) is 0 Å². The van der Waals surface area contributed by atoms with Crippen molar-refractivity contribution in [1.29, 1.82) is 0 Å². The Morgan fingerprint density at radius 2 is 1.71 bits per heavy atom. The molecule has 0 aliphatic heterocycles. The van der Waals surface area contributed by atoms with Crippen LogP contribution in [0, 0.1) is 0 Å². The maximum absolute atomic E-state index is 9.11. The summed E-state index contributed by atoms with van der Waals surface area (Å²) in [5.41, 5.74) is 1.04. The molecule has 0 spiro atoms. The van der Waals surface area contributed by atoms with Crippen LogP contribution in [-0.4, -0.2) is 26.6 Å². The Morgan fingerprint density at radius 3 is 2.29 bits per heavy atom. The van der Waals surface area contributed by atoms with Crippen LogP contribution in [0.5, 0.6) is 5.75 Å². The molecule has 0 fully saturated rings. The molecule has 3 nitrogen and oxygen atoms in total. The van der Waals surface area contributed by atoms with Gasteiger partial charge in [0.1, 0.15) is 12.5 Å². The third-order valence-electron chi connectivity index (χ3n) is 2.37. The Bertz CT molecular complexity index is 316.